The van der Waals surface area contributed by atoms with Crippen molar-refractivity contribution in [3.8, 4) is 11.5 Å². The number of amides is 1. The third-order valence-electron chi connectivity index (χ3n) is 3.52. The minimum atomic E-state index is -0.368. The summed E-state index contributed by atoms with van der Waals surface area (Å²) in [7, 11) is 0. The smallest absolute Gasteiger partial charge is 0.251 e. The number of carbonyl (C=O) groups excluding carboxylic acids is 1. The number of benzene rings is 2. The maximum atomic E-state index is 12.9. The van der Waals surface area contributed by atoms with E-state index < -0.39 is 0 Å². The average Bonchev–Trinajstić information content (AvgIpc) is 2.57. The Morgan fingerprint density at radius 2 is 1.67 bits per heavy atom. The average molecular weight is 331 g/mol. The monoisotopic (exact) mass is 331 g/mol. The van der Waals surface area contributed by atoms with Gasteiger partial charge in [-0.1, -0.05) is 6.07 Å². The molecule has 1 unspecified atom stereocenters. The van der Waals surface area contributed by atoms with Crippen LogP contribution in [0.25, 0.3) is 0 Å². The van der Waals surface area contributed by atoms with Crippen LogP contribution in [0.15, 0.2) is 42.5 Å². The molecule has 24 heavy (non-hydrogen) atoms. The minimum Gasteiger partial charge on any atom is -0.490 e. The highest BCUT2D eigenvalue weighted by molar-refractivity contribution is 5.94. The molecule has 0 aliphatic rings. The highest BCUT2D eigenvalue weighted by Gasteiger charge is 2.14. The summed E-state index contributed by atoms with van der Waals surface area (Å²) in [6, 6.07) is 10.8. The van der Waals surface area contributed by atoms with Gasteiger partial charge in [0.05, 0.1) is 19.3 Å². The third kappa shape index (κ3) is 4.47. The Morgan fingerprint density at radius 3 is 2.29 bits per heavy atom. The summed E-state index contributed by atoms with van der Waals surface area (Å²) in [5, 5.41) is 2.89. The highest BCUT2D eigenvalue weighted by atomic mass is 19.1. The van der Waals surface area contributed by atoms with Gasteiger partial charge in [0.25, 0.3) is 5.91 Å². The van der Waals surface area contributed by atoms with Crippen LogP contribution < -0.4 is 14.8 Å². The van der Waals surface area contributed by atoms with Gasteiger partial charge >= 0.3 is 0 Å². The molecule has 128 valence electrons. The summed E-state index contributed by atoms with van der Waals surface area (Å²) >= 11 is 0. The molecule has 0 saturated carbocycles. The van der Waals surface area contributed by atoms with Crippen molar-refractivity contribution in [1.82, 2.24) is 5.32 Å². The molecule has 1 atom stereocenters. The first-order valence-corrected chi connectivity index (χ1v) is 8.01. The van der Waals surface area contributed by atoms with Gasteiger partial charge in [0, 0.05) is 5.56 Å². The lowest BCUT2D eigenvalue weighted by atomic mass is 10.1. The second-order valence-electron chi connectivity index (χ2n) is 5.27. The molecule has 5 heteroatoms. The highest BCUT2D eigenvalue weighted by Crippen LogP contribution is 2.30. The molecule has 0 aromatic heterocycles. The molecule has 0 aliphatic heterocycles. The first-order valence-electron chi connectivity index (χ1n) is 8.01. The Bertz CT molecular complexity index is 686. The number of rotatable bonds is 7. The molecule has 0 bridgehead atoms. The van der Waals surface area contributed by atoms with Crippen molar-refractivity contribution in [2.75, 3.05) is 13.2 Å². The number of hydrogen-bond acceptors (Lipinski definition) is 3. The van der Waals surface area contributed by atoms with E-state index in [1.165, 1.54) is 24.3 Å². The molecule has 4 nitrogen and oxygen atoms in total. The van der Waals surface area contributed by atoms with Gasteiger partial charge < -0.3 is 14.8 Å². The Hall–Kier alpha value is -2.56. The van der Waals surface area contributed by atoms with Crippen LogP contribution in [0.4, 0.5) is 4.39 Å². The molecule has 2 rings (SSSR count). The fourth-order valence-electron chi connectivity index (χ4n) is 2.30. The van der Waals surface area contributed by atoms with Crippen LogP contribution in [0, 0.1) is 5.82 Å². The van der Waals surface area contributed by atoms with E-state index in [1.807, 2.05) is 39.0 Å². The zero-order valence-electron chi connectivity index (χ0n) is 14.1. The normalized spacial score (nSPS) is 11.7. The fraction of sp³-hybridized carbons (Fsp3) is 0.316. The number of halogens is 1. The first-order chi connectivity index (χ1) is 11.5. The van der Waals surface area contributed by atoms with Gasteiger partial charge in [0.15, 0.2) is 11.5 Å². The molecule has 0 aliphatic carbocycles. The molecule has 0 spiro atoms. The maximum absolute atomic E-state index is 12.9. The maximum Gasteiger partial charge on any atom is 0.251 e. The predicted molar refractivity (Wildman–Crippen MR) is 91.1 cm³/mol. The predicted octanol–water partition coefficient (Wildman–Crippen LogP) is 4.11. The standard InChI is InChI=1S/C19H22FNO3/c1-4-23-17-11-8-15(12-18(17)24-5-2)13(3)21-19(22)14-6-9-16(20)10-7-14/h6-13H,4-5H2,1-3H3,(H,21,22). The van der Waals surface area contributed by atoms with Crippen molar-refractivity contribution in [2.45, 2.75) is 26.8 Å². The van der Waals surface area contributed by atoms with E-state index in [9.17, 15) is 9.18 Å². The SMILES string of the molecule is CCOc1ccc(C(C)NC(=O)c2ccc(F)cc2)cc1OCC. The summed E-state index contributed by atoms with van der Waals surface area (Å²) in [4.78, 5) is 12.2. The minimum absolute atomic E-state index is 0.225. The van der Waals surface area contributed by atoms with Crippen molar-refractivity contribution < 1.29 is 18.7 Å². The topological polar surface area (TPSA) is 47.6 Å². The molecule has 2 aromatic rings. The van der Waals surface area contributed by atoms with Crippen molar-refractivity contribution in [3.05, 3.63) is 59.4 Å². The lowest BCUT2D eigenvalue weighted by Crippen LogP contribution is -2.26. The van der Waals surface area contributed by atoms with Crippen molar-refractivity contribution in [2.24, 2.45) is 0 Å². The lowest BCUT2D eigenvalue weighted by Gasteiger charge is -2.17. The van der Waals surface area contributed by atoms with Gasteiger partial charge in [-0.2, -0.15) is 0 Å². The van der Waals surface area contributed by atoms with Crippen molar-refractivity contribution >= 4 is 5.91 Å². The summed E-state index contributed by atoms with van der Waals surface area (Å²) in [5.74, 6) is 0.710. The number of nitrogens with one attached hydrogen (secondary N) is 1. The van der Waals surface area contributed by atoms with E-state index in [0.717, 1.165) is 5.56 Å². The summed E-state index contributed by atoms with van der Waals surface area (Å²) in [5.41, 5.74) is 1.32. The molecular weight excluding hydrogens is 309 g/mol. The van der Waals surface area contributed by atoms with Crippen LogP contribution >= 0.6 is 0 Å². The quantitative estimate of drug-likeness (QED) is 0.830. The molecule has 0 heterocycles. The number of hydrogen-bond donors (Lipinski definition) is 1. The lowest BCUT2D eigenvalue weighted by molar-refractivity contribution is 0.0939. The van der Waals surface area contributed by atoms with E-state index in [0.29, 0.717) is 30.3 Å². The summed E-state index contributed by atoms with van der Waals surface area (Å²) in [6.45, 7) is 6.78. The Balaban J connectivity index is 2.13. The molecule has 1 amide bonds. The van der Waals surface area contributed by atoms with E-state index in [1.54, 1.807) is 0 Å². The van der Waals surface area contributed by atoms with E-state index in [2.05, 4.69) is 5.32 Å². The van der Waals surface area contributed by atoms with E-state index >= 15 is 0 Å². The van der Waals surface area contributed by atoms with Crippen LogP contribution in [-0.2, 0) is 0 Å². The number of carbonyl (C=O) groups is 1. The van der Waals surface area contributed by atoms with Crippen LogP contribution in [0.5, 0.6) is 11.5 Å². The largest absolute Gasteiger partial charge is 0.490 e. The Kier molecular flexibility index (Phi) is 6.18. The Morgan fingerprint density at radius 1 is 1.04 bits per heavy atom. The summed E-state index contributed by atoms with van der Waals surface area (Å²) in [6.07, 6.45) is 0. The van der Waals surface area contributed by atoms with E-state index in [-0.39, 0.29) is 17.8 Å². The van der Waals surface area contributed by atoms with Crippen LogP contribution in [0.3, 0.4) is 0 Å². The van der Waals surface area contributed by atoms with Gasteiger partial charge in [-0.05, 0) is 62.7 Å². The van der Waals surface area contributed by atoms with Gasteiger partial charge in [-0.25, -0.2) is 4.39 Å². The molecule has 2 aromatic carbocycles. The summed E-state index contributed by atoms with van der Waals surface area (Å²) < 4.78 is 24.1. The zero-order chi connectivity index (χ0) is 17.5. The van der Waals surface area contributed by atoms with Crippen molar-refractivity contribution in [3.63, 3.8) is 0 Å². The zero-order valence-corrected chi connectivity index (χ0v) is 14.1. The number of ether oxygens (including phenoxy) is 2. The second-order valence-corrected chi connectivity index (χ2v) is 5.27. The van der Waals surface area contributed by atoms with Gasteiger partial charge in [0.1, 0.15) is 5.82 Å². The van der Waals surface area contributed by atoms with Crippen LogP contribution in [0.2, 0.25) is 0 Å². The fourth-order valence-corrected chi connectivity index (χ4v) is 2.30. The van der Waals surface area contributed by atoms with Gasteiger partial charge in [-0.15, -0.1) is 0 Å². The molecule has 0 radical (unpaired) electrons. The molecular formula is C19H22FNO3. The molecule has 0 saturated heterocycles. The molecule has 1 N–H and O–H groups in total. The van der Waals surface area contributed by atoms with E-state index in [4.69, 9.17) is 9.47 Å². The van der Waals surface area contributed by atoms with Gasteiger partial charge in [-0.3, -0.25) is 4.79 Å². The Labute approximate surface area is 141 Å². The van der Waals surface area contributed by atoms with Crippen LogP contribution in [0.1, 0.15) is 42.7 Å². The van der Waals surface area contributed by atoms with Crippen LogP contribution in [-0.4, -0.2) is 19.1 Å². The first kappa shape index (κ1) is 17.8. The molecule has 0 fully saturated rings. The van der Waals surface area contributed by atoms with Gasteiger partial charge in [0.2, 0.25) is 0 Å². The second kappa shape index (κ2) is 8.34. The van der Waals surface area contributed by atoms with Crippen molar-refractivity contribution in [1.29, 1.82) is 0 Å². The third-order valence-corrected chi connectivity index (χ3v) is 3.52.